The fourth-order valence-electron chi connectivity index (χ4n) is 2.11. The van der Waals surface area contributed by atoms with Crippen molar-refractivity contribution in [2.24, 2.45) is 0 Å². The second kappa shape index (κ2) is 9.01. The van der Waals surface area contributed by atoms with Crippen LogP contribution < -0.4 is 5.32 Å². The van der Waals surface area contributed by atoms with Crippen molar-refractivity contribution in [2.75, 3.05) is 7.11 Å². The Morgan fingerprint density at radius 2 is 1.58 bits per heavy atom. The van der Waals surface area contributed by atoms with E-state index in [0.29, 0.717) is 10.6 Å². The number of carbonyl (C=O) groups is 3. The lowest BCUT2D eigenvalue weighted by molar-refractivity contribution is -0.129. The van der Waals surface area contributed by atoms with E-state index >= 15 is 0 Å². The molecule has 1 unspecified atom stereocenters. The zero-order valence-electron chi connectivity index (χ0n) is 14.3. The molecule has 0 aliphatic rings. The Morgan fingerprint density at radius 1 is 1.00 bits per heavy atom. The number of halogens is 1. The van der Waals surface area contributed by atoms with Crippen molar-refractivity contribution in [1.82, 2.24) is 5.32 Å². The van der Waals surface area contributed by atoms with E-state index in [1.807, 2.05) is 6.07 Å². The lowest BCUT2D eigenvalue weighted by Gasteiger charge is -2.14. The van der Waals surface area contributed by atoms with E-state index in [1.54, 1.807) is 18.2 Å². The molecule has 0 radical (unpaired) electrons. The number of hydrogen-bond acceptors (Lipinski definition) is 5. The Labute approximate surface area is 156 Å². The normalized spacial score (nSPS) is 11.3. The molecule has 0 aromatic heterocycles. The molecule has 1 amide bonds. The summed E-state index contributed by atoms with van der Waals surface area (Å²) in [5.74, 6) is -1.61. The summed E-state index contributed by atoms with van der Waals surface area (Å²) in [5, 5.41) is 3.21. The molecule has 0 aliphatic heterocycles. The maximum atomic E-state index is 12.1. The Balaban J connectivity index is 1.90. The van der Waals surface area contributed by atoms with Gasteiger partial charge in [0.05, 0.1) is 18.2 Å². The topological polar surface area (TPSA) is 81.7 Å². The lowest BCUT2D eigenvalue weighted by atomic mass is 10.1. The van der Waals surface area contributed by atoms with Crippen molar-refractivity contribution >= 4 is 29.4 Å². The maximum Gasteiger partial charge on any atom is 0.338 e. The molecule has 0 saturated carbocycles. The molecular weight excluding hydrogens is 358 g/mol. The van der Waals surface area contributed by atoms with E-state index in [9.17, 15) is 14.4 Å². The zero-order valence-corrected chi connectivity index (χ0v) is 15.1. The summed E-state index contributed by atoms with van der Waals surface area (Å²) >= 11 is 6.03. The highest BCUT2D eigenvalue weighted by Gasteiger charge is 2.19. The first-order valence-corrected chi connectivity index (χ1v) is 8.20. The van der Waals surface area contributed by atoms with Gasteiger partial charge in [-0.2, -0.15) is 0 Å². The molecule has 0 bridgehead atoms. The number of ether oxygens (including phenoxy) is 2. The first kappa shape index (κ1) is 19.5. The summed E-state index contributed by atoms with van der Waals surface area (Å²) in [6, 6.07) is 12.9. The van der Waals surface area contributed by atoms with Crippen LogP contribution in [0.5, 0.6) is 0 Å². The van der Waals surface area contributed by atoms with Crippen LogP contribution in [0.1, 0.15) is 33.2 Å². The van der Waals surface area contributed by atoms with Crippen LogP contribution in [0, 0.1) is 0 Å². The molecule has 1 atom stereocenters. The van der Waals surface area contributed by atoms with Crippen LogP contribution in [-0.2, 0) is 20.8 Å². The van der Waals surface area contributed by atoms with E-state index in [4.69, 9.17) is 16.3 Å². The second-order valence-corrected chi connectivity index (χ2v) is 5.83. The summed E-state index contributed by atoms with van der Waals surface area (Å²) in [6.07, 6.45) is -0.981. The largest absolute Gasteiger partial charge is 0.465 e. The second-order valence-electron chi connectivity index (χ2n) is 5.43. The van der Waals surface area contributed by atoms with Gasteiger partial charge in [0.1, 0.15) is 0 Å². The van der Waals surface area contributed by atoms with Gasteiger partial charge >= 0.3 is 11.9 Å². The van der Waals surface area contributed by atoms with Crippen LogP contribution in [0.3, 0.4) is 0 Å². The fourth-order valence-corrected chi connectivity index (χ4v) is 2.31. The number of rotatable bonds is 6. The average molecular weight is 376 g/mol. The van der Waals surface area contributed by atoms with Crippen LogP contribution in [-0.4, -0.2) is 31.1 Å². The summed E-state index contributed by atoms with van der Waals surface area (Å²) in [6.45, 7) is 1.71. The van der Waals surface area contributed by atoms with Crippen LogP contribution in [0.4, 0.5) is 0 Å². The summed E-state index contributed by atoms with van der Waals surface area (Å²) in [4.78, 5) is 35.6. The molecule has 0 saturated heterocycles. The third kappa shape index (κ3) is 5.07. The van der Waals surface area contributed by atoms with Crippen molar-refractivity contribution < 1.29 is 23.9 Å². The minimum Gasteiger partial charge on any atom is -0.465 e. The predicted molar refractivity (Wildman–Crippen MR) is 96.0 cm³/mol. The van der Waals surface area contributed by atoms with Gasteiger partial charge in [0.25, 0.3) is 5.91 Å². The Kier molecular flexibility index (Phi) is 6.74. The summed E-state index contributed by atoms with van der Waals surface area (Å²) in [5.41, 5.74) is 1.30. The Bertz CT molecular complexity index is 804. The highest BCUT2D eigenvalue weighted by molar-refractivity contribution is 6.31. The van der Waals surface area contributed by atoms with Crippen molar-refractivity contribution in [3.8, 4) is 0 Å². The standard InChI is InChI=1S/C19H18ClNO5/c1-12(17(22)21-11-15-5-3-4-6-16(15)20)26-19(24)14-9-7-13(8-10-14)18(23)25-2/h3-10,12H,11H2,1-2H3,(H,21,22). The minimum absolute atomic E-state index is 0.225. The van der Waals surface area contributed by atoms with Crippen LogP contribution >= 0.6 is 11.6 Å². The number of amides is 1. The van der Waals surface area contributed by atoms with Gasteiger partial charge in [-0.25, -0.2) is 9.59 Å². The van der Waals surface area contributed by atoms with Crippen LogP contribution in [0.15, 0.2) is 48.5 Å². The van der Waals surface area contributed by atoms with Gasteiger partial charge in [-0.15, -0.1) is 0 Å². The third-order valence-electron chi connectivity index (χ3n) is 3.61. The molecule has 2 rings (SSSR count). The van der Waals surface area contributed by atoms with Gasteiger partial charge in [-0.1, -0.05) is 29.8 Å². The molecule has 0 heterocycles. The number of hydrogen-bond donors (Lipinski definition) is 1. The van der Waals surface area contributed by atoms with Gasteiger partial charge in [-0.3, -0.25) is 4.79 Å². The number of carbonyl (C=O) groups excluding carboxylic acids is 3. The highest BCUT2D eigenvalue weighted by atomic mass is 35.5. The smallest absolute Gasteiger partial charge is 0.338 e. The molecule has 0 fully saturated rings. The zero-order chi connectivity index (χ0) is 19.1. The lowest BCUT2D eigenvalue weighted by Crippen LogP contribution is -2.35. The van der Waals surface area contributed by atoms with E-state index in [0.717, 1.165) is 5.56 Å². The monoisotopic (exact) mass is 375 g/mol. The van der Waals surface area contributed by atoms with Crippen molar-refractivity contribution in [3.63, 3.8) is 0 Å². The van der Waals surface area contributed by atoms with E-state index in [-0.39, 0.29) is 12.1 Å². The fraction of sp³-hybridized carbons (Fsp3) is 0.211. The van der Waals surface area contributed by atoms with E-state index in [1.165, 1.54) is 38.3 Å². The number of benzene rings is 2. The third-order valence-corrected chi connectivity index (χ3v) is 3.97. The summed E-state index contributed by atoms with van der Waals surface area (Å²) < 4.78 is 9.73. The molecule has 26 heavy (non-hydrogen) atoms. The number of methoxy groups -OCH3 is 1. The Hall–Kier alpha value is -2.86. The van der Waals surface area contributed by atoms with Crippen molar-refractivity contribution in [3.05, 3.63) is 70.2 Å². The molecule has 2 aromatic carbocycles. The van der Waals surface area contributed by atoms with Gasteiger partial charge < -0.3 is 14.8 Å². The molecule has 6 nitrogen and oxygen atoms in total. The van der Waals surface area contributed by atoms with Crippen molar-refractivity contribution in [2.45, 2.75) is 19.6 Å². The average Bonchev–Trinajstić information content (AvgIpc) is 2.66. The number of nitrogens with one attached hydrogen (secondary N) is 1. The molecule has 0 aliphatic carbocycles. The minimum atomic E-state index is -0.981. The molecule has 7 heteroatoms. The predicted octanol–water partition coefficient (Wildman–Crippen LogP) is 2.99. The SMILES string of the molecule is COC(=O)c1ccc(C(=O)OC(C)C(=O)NCc2ccccc2Cl)cc1. The molecule has 136 valence electrons. The van der Waals surface area contributed by atoms with E-state index < -0.39 is 23.9 Å². The first-order chi connectivity index (χ1) is 12.4. The molecule has 0 spiro atoms. The summed E-state index contributed by atoms with van der Waals surface area (Å²) in [7, 11) is 1.27. The van der Waals surface area contributed by atoms with Crippen LogP contribution in [0.25, 0.3) is 0 Å². The van der Waals surface area contributed by atoms with Gasteiger partial charge in [-0.05, 0) is 42.8 Å². The van der Waals surface area contributed by atoms with Crippen LogP contribution in [0.2, 0.25) is 5.02 Å². The molecule has 1 N–H and O–H groups in total. The van der Waals surface area contributed by atoms with Gasteiger partial charge in [0.15, 0.2) is 6.10 Å². The molecular formula is C19H18ClNO5. The van der Waals surface area contributed by atoms with E-state index in [2.05, 4.69) is 10.1 Å². The van der Waals surface area contributed by atoms with Crippen molar-refractivity contribution in [1.29, 1.82) is 0 Å². The molecule has 2 aromatic rings. The first-order valence-electron chi connectivity index (χ1n) is 7.83. The highest BCUT2D eigenvalue weighted by Crippen LogP contribution is 2.14. The maximum absolute atomic E-state index is 12.1. The number of esters is 2. The van der Waals surface area contributed by atoms with Gasteiger partial charge in [0, 0.05) is 11.6 Å². The quantitative estimate of drug-likeness (QED) is 0.785. The Morgan fingerprint density at radius 3 is 2.15 bits per heavy atom. The van der Waals surface area contributed by atoms with Gasteiger partial charge in [0.2, 0.25) is 0 Å².